The van der Waals surface area contributed by atoms with Gasteiger partial charge >= 0.3 is 0 Å². The van der Waals surface area contributed by atoms with Gasteiger partial charge in [0.25, 0.3) is 0 Å². The summed E-state index contributed by atoms with van der Waals surface area (Å²) in [4.78, 5) is 4.75. The highest BCUT2D eigenvalue weighted by Gasteiger charge is 2.15. The SMILES string of the molecule is Cc1cc[n+](C)c(-c2cc3nc4ccccn4c3cc2C)c1. The van der Waals surface area contributed by atoms with Crippen molar-refractivity contribution in [1.29, 1.82) is 0 Å². The van der Waals surface area contributed by atoms with Gasteiger partial charge < -0.3 is 0 Å². The summed E-state index contributed by atoms with van der Waals surface area (Å²) in [5.74, 6) is 0. The molecule has 3 aromatic heterocycles. The van der Waals surface area contributed by atoms with Crippen LogP contribution < -0.4 is 4.57 Å². The Morgan fingerprint density at radius 3 is 2.77 bits per heavy atom. The molecular formula is C19H18N3+. The highest BCUT2D eigenvalue weighted by Crippen LogP contribution is 2.27. The number of imidazole rings is 1. The maximum Gasteiger partial charge on any atom is 0.212 e. The quantitative estimate of drug-likeness (QED) is 0.490. The molecule has 0 bridgehead atoms. The van der Waals surface area contributed by atoms with E-state index in [1.165, 1.54) is 22.4 Å². The molecule has 3 heterocycles. The lowest BCUT2D eigenvalue weighted by Crippen LogP contribution is -2.30. The molecule has 0 spiro atoms. The fraction of sp³-hybridized carbons (Fsp3) is 0.158. The number of nitrogens with zero attached hydrogens (tertiary/aromatic N) is 3. The van der Waals surface area contributed by atoms with Crippen LogP contribution in [0.25, 0.3) is 27.9 Å². The Hall–Kier alpha value is -2.68. The lowest BCUT2D eigenvalue weighted by molar-refractivity contribution is -0.660. The molecule has 0 unspecified atom stereocenters. The van der Waals surface area contributed by atoms with Crippen molar-refractivity contribution in [3.8, 4) is 11.3 Å². The van der Waals surface area contributed by atoms with Crippen LogP contribution >= 0.6 is 0 Å². The molecule has 0 atom stereocenters. The molecule has 22 heavy (non-hydrogen) atoms. The fourth-order valence-electron chi connectivity index (χ4n) is 3.04. The van der Waals surface area contributed by atoms with Gasteiger partial charge in [0.15, 0.2) is 6.20 Å². The maximum absolute atomic E-state index is 4.75. The van der Waals surface area contributed by atoms with Gasteiger partial charge in [0, 0.05) is 18.3 Å². The first-order chi connectivity index (χ1) is 10.6. The summed E-state index contributed by atoms with van der Waals surface area (Å²) in [5, 5.41) is 0. The summed E-state index contributed by atoms with van der Waals surface area (Å²) in [6, 6.07) is 14.9. The van der Waals surface area contributed by atoms with Crippen molar-refractivity contribution in [2.24, 2.45) is 7.05 Å². The van der Waals surface area contributed by atoms with Gasteiger partial charge in [-0.3, -0.25) is 4.40 Å². The molecule has 0 saturated carbocycles. The lowest BCUT2D eigenvalue weighted by atomic mass is 10.0. The molecule has 0 aliphatic rings. The topological polar surface area (TPSA) is 21.2 Å². The minimum atomic E-state index is 0.989. The number of fused-ring (bicyclic) bond motifs is 3. The van der Waals surface area contributed by atoms with Crippen molar-refractivity contribution in [2.75, 3.05) is 0 Å². The van der Waals surface area contributed by atoms with E-state index >= 15 is 0 Å². The number of rotatable bonds is 1. The molecule has 0 aliphatic carbocycles. The van der Waals surface area contributed by atoms with Gasteiger partial charge in [-0.2, -0.15) is 0 Å². The molecule has 4 aromatic rings. The summed E-state index contributed by atoms with van der Waals surface area (Å²) in [5.41, 5.74) is 8.17. The molecule has 0 amide bonds. The maximum atomic E-state index is 4.75. The van der Waals surface area contributed by atoms with Crippen molar-refractivity contribution in [3.05, 3.63) is 66.0 Å². The Balaban J connectivity index is 2.05. The molecule has 1 aromatic carbocycles. The predicted octanol–water partition coefficient (Wildman–Crippen LogP) is 3.60. The number of aryl methyl sites for hydroxylation is 3. The average Bonchev–Trinajstić information content (AvgIpc) is 2.87. The lowest BCUT2D eigenvalue weighted by Gasteiger charge is -2.06. The van der Waals surface area contributed by atoms with Gasteiger partial charge in [-0.1, -0.05) is 6.07 Å². The summed E-state index contributed by atoms with van der Waals surface area (Å²) in [6.07, 6.45) is 4.18. The number of pyridine rings is 2. The van der Waals surface area contributed by atoms with Crippen LogP contribution in [0, 0.1) is 13.8 Å². The van der Waals surface area contributed by atoms with Gasteiger partial charge in [-0.05, 0) is 49.2 Å². The molecule has 3 heteroatoms. The zero-order valence-electron chi connectivity index (χ0n) is 13.0. The third-order valence-corrected chi connectivity index (χ3v) is 4.24. The minimum Gasteiger partial charge on any atom is -0.300 e. The van der Waals surface area contributed by atoms with Gasteiger partial charge in [-0.25, -0.2) is 9.55 Å². The van der Waals surface area contributed by atoms with Crippen LogP contribution in [-0.2, 0) is 7.05 Å². The van der Waals surface area contributed by atoms with Gasteiger partial charge in [-0.15, -0.1) is 0 Å². The second-order valence-electron chi connectivity index (χ2n) is 5.90. The monoisotopic (exact) mass is 288 g/mol. The van der Waals surface area contributed by atoms with Crippen LogP contribution in [0.2, 0.25) is 0 Å². The summed E-state index contributed by atoms with van der Waals surface area (Å²) >= 11 is 0. The van der Waals surface area contributed by atoms with Crippen molar-refractivity contribution in [2.45, 2.75) is 13.8 Å². The normalized spacial score (nSPS) is 11.4. The predicted molar refractivity (Wildman–Crippen MR) is 88.8 cm³/mol. The Morgan fingerprint density at radius 2 is 1.91 bits per heavy atom. The molecule has 108 valence electrons. The van der Waals surface area contributed by atoms with Crippen LogP contribution in [0.4, 0.5) is 0 Å². The van der Waals surface area contributed by atoms with E-state index in [9.17, 15) is 0 Å². The largest absolute Gasteiger partial charge is 0.300 e. The molecule has 0 radical (unpaired) electrons. The van der Waals surface area contributed by atoms with Crippen LogP contribution in [0.3, 0.4) is 0 Å². The van der Waals surface area contributed by atoms with E-state index in [0.717, 1.165) is 16.7 Å². The third kappa shape index (κ3) is 1.90. The summed E-state index contributed by atoms with van der Waals surface area (Å²) < 4.78 is 4.30. The highest BCUT2D eigenvalue weighted by atomic mass is 15.0. The first-order valence-electron chi connectivity index (χ1n) is 7.47. The Labute approximate surface area is 129 Å². The van der Waals surface area contributed by atoms with Crippen LogP contribution in [-0.4, -0.2) is 9.38 Å². The molecule has 0 aliphatic heterocycles. The molecule has 0 N–H and O–H groups in total. The zero-order valence-corrected chi connectivity index (χ0v) is 13.0. The fourth-order valence-corrected chi connectivity index (χ4v) is 3.04. The van der Waals surface area contributed by atoms with Crippen LogP contribution in [0.1, 0.15) is 11.1 Å². The van der Waals surface area contributed by atoms with Crippen molar-refractivity contribution < 1.29 is 4.57 Å². The van der Waals surface area contributed by atoms with E-state index in [-0.39, 0.29) is 0 Å². The van der Waals surface area contributed by atoms with Crippen LogP contribution in [0.5, 0.6) is 0 Å². The second kappa shape index (κ2) is 4.67. The van der Waals surface area contributed by atoms with E-state index < -0.39 is 0 Å². The number of hydrogen-bond acceptors (Lipinski definition) is 1. The molecule has 3 nitrogen and oxygen atoms in total. The number of hydrogen-bond donors (Lipinski definition) is 0. The molecule has 0 fully saturated rings. The van der Waals surface area contributed by atoms with E-state index in [1.807, 2.05) is 18.2 Å². The van der Waals surface area contributed by atoms with Crippen molar-refractivity contribution in [1.82, 2.24) is 9.38 Å². The zero-order chi connectivity index (χ0) is 15.3. The van der Waals surface area contributed by atoms with Crippen LogP contribution in [0.15, 0.2) is 54.9 Å². The molecule has 0 saturated heterocycles. The van der Waals surface area contributed by atoms with Gasteiger partial charge in [0.2, 0.25) is 5.69 Å². The highest BCUT2D eigenvalue weighted by molar-refractivity contribution is 5.86. The van der Waals surface area contributed by atoms with E-state index in [1.54, 1.807) is 0 Å². The van der Waals surface area contributed by atoms with Crippen molar-refractivity contribution >= 4 is 16.7 Å². The Bertz CT molecular complexity index is 1010. The smallest absolute Gasteiger partial charge is 0.212 e. The van der Waals surface area contributed by atoms with Gasteiger partial charge in [0.1, 0.15) is 12.7 Å². The Morgan fingerprint density at radius 1 is 1.05 bits per heavy atom. The molecular weight excluding hydrogens is 270 g/mol. The Kier molecular flexibility index (Phi) is 2.76. The minimum absolute atomic E-state index is 0.989. The standard InChI is InChI=1S/C19H18N3/c1-13-7-9-21(3)17(10-13)15-12-16-18(11-14(15)2)22-8-5-4-6-19(22)20-16/h4-12H,1-3H3/q+1. The first-order valence-corrected chi connectivity index (χ1v) is 7.47. The molecule has 4 rings (SSSR count). The number of benzene rings is 1. The second-order valence-corrected chi connectivity index (χ2v) is 5.90. The number of aromatic nitrogens is 3. The van der Waals surface area contributed by atoms with Crippen molar-refractivity contribution in [3.63, 3.8) is 0 Å². The van der Waals surface area contributed by atoms with Gasteiger partial charge in [0.05, 0.1) is 16.6 Å². The van der Waals surface area contributed by atoms with E-state index in [2.05, 4.69) is 66.5 Å². The summed E-state index contributed by atoms with van der Waals surface area (Å²) in [7, 11) is 2.09. The van der Waals surface area contributed by atoms with E-state index in [0.29, 0.717) is 0 Å². The average molecular weight is 288 g/mol. The summed E-state index contributed by atoms with van der Waals surface area (Å²) in [6.45, 7) is 4.29. The third-order valence-electron chi connectivity index (χ3n) is 4.24. The first kappa shape index (κ1) is 13.0. The van der Waals surface area contributed by atoms with E-state index in [4.69, 9.17) is 4.98 Å².